The molecule has 0 saturated heterocycles. The average Bonchev–Trinajstić information content (AvgIpc) is 2.49. The van der Waals surface area contributed by atoms with Gasteiger partial charge < -0.3 is 4.74 Å². The largest absolute Gasteiger partial charge is 0.489 e. The van der Waals surface area contributed by atoms with Gasteiger partial charge in [-0.1, -0.05) is 12.1 Å². The van der Waals surface area contributed by atoms with Gasteiger partial charge in [0.25, 0.3) is 0 Å². The summed E-state index contributed by atoms with van der Waals surface area (Å²) in [6.07, 6.45) is 2.21. The zero-order valence-electron chi connectivity index (χ0n) is 12.7. The number of nitriles is 1. The summed E-state index contributed by atoms with van der Waals surface area (Å²) >= 11 is 0. The molecule has 24 heavy (non-hydrogen) atoms. The van der Waals surface area contributed by atoms with Gasteiger partial charge in [0.15, 0.2) is 9.84 Å². The Morgan fingerprint density at radius 3 is 2.25 bits per heavy atom. The lowest BCUT2D eigenvalue weighted by molar-refractivity contribution is 0.305. The van der Waals surface area contributed by atoms with Crippen molar-refractivity contribution < 1.29 is 21.9 Å². The molecular weight excluding hydrogens is 336 g/mol. The highest BCUT2D eigenvalue weighted by atomic mass is 32.2. The third-order valence-electron chi connectivity index (χ3n) is 3.02. The molecule has 0 amide bonds. The summed E-state index contributed by atoms with van der Waals surface area (Å²) in [6.45, 7) is -0.0172. The van der Waals surface area contributed by atoms with Gasteiger partial charge in [0, 0.05) is 12.3 Å². The minimum atomic E-state index is -3.58. The molecule has 0 radical (unpaired) electrons. The summed E-state index contributed by atoms with van der Waals surface area (Å²) in [5.74, 6) is -0.924. The highest BCUT2D eigenvalue weighted by Gasteiger charge is 2.10. The molecule has 0 atom stereocenters. The summed E-state index contributed by atoms with van der Waals surface area (Å²) in [5, 5.41) is 8.85. The quantitative estimate of drug-likeness (QED) is 0.776. The topological polar surface area (TPSA) is 67.2 Å². The van der Waals surface area contributed by atoms with Crippen molar-refractivity contribution in [2.45, 2.75) is 6.61 Å². The maximum atomic E-state index is 13.1. The van der Waals surface area contributed by atoms with Gasteiger partial charge in [-0.2, -0.15) is 5.26 Å². The molecule has 0 fully saturated rings. The molecule has 0 aliphatic carbocycles. The van der Waals surface area contributed by atoms with Crippen LogP contribution in [-0.4, -0.2) is 14.7 Å². The highest BCUT2D eigenvalue weighted by Crippen LogP contribution is 2.18. The van der Waals surface area contributed by atoms with E-state index in [0.29, 0.717) is 16.9 Å². The summed E-state index contributed by atoms with van der Waals surface area (Å²) < 4.78 is 54.3. The molecule has 0 aliphatic heterocycles. The predicted octanol–water partition coefficient (Wildman–Crippen LogP) is 3.45. The van der Waals surface area contributed by atoms with Crippen molar-refractivity contribution in [1.82, 2.24) is 0 Å². The van der Waals surface area contributed by atoms with Crippen LogP contribution in [0.1, 0.15) is 11.1 Å². The first-order valence-corrected chi connectivity index (χ1v) is 8.67. The van der Waals surface area contributed by atoms with Crippen LogP contribution in [0.3, 0.4) is 0 Å². The van der Waals surface area contributed by atoms with Gasteiger partial charge in [-0.15, -0.1) is 0 Å². The molecule has 124 valence electrons. The second-order valence-corrected chi connectivity index (χ2v) is 7.01. The van der Waals surface area contributed by atoms with E-state index in [4.69, 9.17) is 10.00 Å². The first kappa shape index (κ1) is 17.6. The van der Waals surface area contributed by atoms with Gasteiger partial charge in [-0.05, 0) is 41.5 Å². The molecule has 2 aromatic carbocycles. The van der Waals surface area contributed by atoms with E-state index in [1.54, 1.807) is 30.3 Å². The summed E-state index contributed by atoms with van der Waals surface area (Å²) in [4.78, 5) is -0.341. The number of sulfone groups is 1. The number of hydrogen-bond donors (Lipinski definition) is 0. The van der Waals surface area contributed by atoms with Crippen LogP contribution in [-0.2, 0) is 16.4 Å². The number of nitrogens with zero attached hydrogens (tertiary/aromatic N) is 1. The van der Waals surface area contributed by atoms with E-state index in [9.17, 15) is 17.2 Å². The number of ether oxygens (including phenoxy) is 1. The van der Waals surface area contributed by atoms with E-state index in [2.05, 4.69) is 0 Å². The van der Waals surface area contributed by atoms with Crippen molar-refractivity contribution in [2.75, 3.05) is 6.26 Å². The van der Waals surface area contributed by atoms with E-state index in [0.717, 1.165) is 12.3 Å². The van der Waals surface area contributed by atoms with Crippen molar-refractivity contribution in [2.24, 2.45) is 0 Å². The van der Waals surface area contributed by atoms with E-state index in [1.807, 2.05) is 0 Å². The SMILES string of the molecule is CS(=O)(=O)C(C#N)=Cc1ccc(OCc2cc(F)cc(F)c2)cc1. The number of allylic oxidation sites excluding steroid dienone is 1. The molecule has 0 saturated carbocycles. The average molecular weight is 349 g/mol. The van der Waals surface area contributed by atoms with E-state index >= 15 is 0 Å². The van der Waals surface area contributed by atoms with E-state index in [-0.39, 0.29) is 11.5 Å². The highest BCUT2D eigenvalue weighted by molar-refractivity contribution is 7.95. The van der Waals surface area contributed by atoms with Gasteiger partial charge in [-0.25, -0.2) is 17.2 Å². The van der Waals surface area contributed by atoms with Crippen LogP contribution in [0.15, 0.2) is 47.4 Å². The second kappa shape index (κ2) is 7.23. The Balaban J connectivity index is 2.10. The Hall–Kier alpha value is -2.72. The molecule has 0 aliphatic rings. The summed E-state index contributed by atoms with van der Waals surface area (Å²) in [5.41, 5.74) is 0.862. The van der Waals surface area contributed by atoms with E-state index in [1.165, 1.54) is 18.2 Å². The van der Waals surface area contributed by atoms with Gasteiger partial charge in [-0.3, -0.25) is 0 Å². The molecule has 7 heteroatoms. The Labute approximate surface area is 138 Å². The molecule has 0 aromatic heterocycles. The normalized spacial score (nSPS) is 11.8. The predicted molar refractivity (Wildman–Crippen MR) is 85.6 cm³/mol. The van der Waals surface area contributed by atoms with Gasteiger partial charge in [0.2, 0.25) is 0 Å². The van der Waals surface area contributed by atoms with Crippen LogP contribution >= 0.6 is 0 Å². The third kappa shape index (κ3) is 4.89. The first-order valence-electron chi connectivity index (χ1n) is 6.77. The van der Waals surface area contributed by atoms with E-state index < -0.39 is 21.5 Å². The molecule has 4 nitrogen and oxygen atoms in total. The number of benzene rings is 2. The molecule has 0 N–H and O–H groups in total. The first-order chi connectivity index (χ1) is 11.3. The smallest absolute Gasteiger partial charge is 0.185 e. The fourth-order valence-corrected chi connectivity index (χ4v) is 2.41. The fraction of sp³-hybridized carbons (Fsp3) is 0.118. The molecule has 2 rings (SSSR count). The van der Waals surface area contributed by atoms with Crippen LogP contribution in [0.25, 0.3) is 6.08 Å². The van der Waals surface area contributed by atoms with Crippen molar-refractivity contribution >= 4 is 15.9 Å². The maximum Gasteiger partial charge on any atom is 0.185 e. The molecule has 0 spiro atoms. The van der Waals surface area contributed by atoms with Crippen LogP contribution in [0, 0.1) is 23.0 Å². The van der Waals surface area contributed by atoms with Crippen LogP contribution in [0.4, 0.5) is 8.78 Å². The number of halogens is 2. The Morgan fingerprint density at radius 1 is 1.17 bits per heavy atom. The van der Waals surface area contributed by atoms with Crippen molar-refractivity contribution in [3.05, 3.63) is 70.1 Å². The second-order valence-electron chi connectivity index (χ2n) is 5.03. The number of rotatable bonds is 5. The lowest BCUT2D eigenvalue weighted by atomic mass is 10.2. The standard InChI is InChI=1S/C17H13F2NO3S/c1-24(21,22)17(10-20)8-12-2-4-16(5-3-12)23-11-13-6-14(18)9-15(19)7-13/h2-9H,11H2,1H3. The molecule has 0 heterocycles. The monoisotopic (exact) mass is 349 g/mol. The molecular formula is C17H13F2NO3S. The summed E-state index contributed by atoms with van der Waals surface area (Å²) in [6, 6.07) is 11.0. The van der Waals surface area contributed by atoms with Gasteiger partial charge >= 0.3 is 0 Å². The zero-order chi connectivity index (χ0) is 17.7. The molecule has 0 bridgehead atoms. The lowest BCUT2D eigenvalue weighted by Gasteiger charge is -2.07. The Morgan fingerprint density at radius 2 is 1.75 bits per heavy atom. The van der Waals surface area contributed by atoms with Gasteiger partial charge in [0.1, 0.15) is 35.0 Å². The third-order valence-corrected chi connectivity index (χ3v) is 4.02. The fourth-order valence-electron chi connectivity index (χ4n) is 1.89. The minimum Gasteiger partial charge on any atom is -0.489 e. The van der Waals surface area contributed by atoms with Crippen molar-refractivity contribution in [3.63, 3.8) is 0 Å². The zero-order valence-corrected chi connectivity index (χ0v) is 13.5. The minimum absolute atomic E-state index is 0.0172. The van der Waals surface area contributed by atoms with Crippen LogP contribution in [0.2, 0.25) is 0 Å². The van der Waals surface area contributed by atoms with Crippen molar-refractivity contribution in [1.29, 1.82) is 5.26 Å². The molecule has 0 unspecified atom stereocenters. The Kier molecular flexibility index (Phi) is 5.31. The molecule has 2 aromatic rings. The van der Waals surface area contributed by atoms with Crippen LogP contribution in [0.5, 0.6) is 5.75 Å². The Bertz CT molecular complexity index is 894. The lowest BCUT2D eigenvalue weighted by Crippen LogP contribution is -1.98. The summed E-state index contributed by atoms with van der Waals surface area (Å²) in [7, 11) is -3.58. The van der Waals surface area contributed by atoms with Crippen molar-refractivity contribution in [3.8, 4) is 11.8 Å². The maximum absolute atomic E-state index is 13.1. The number of hydrogen-bond acceptors (Lipinski definition) is 4. The van der Waals surface area contributed by atoms with Crippen LogP contribution < -0.4 is 4.74 Å². The van der Waals surface area contributed by atoms with Gasteiger partial charge in [0.05, 0.1) is 0 Å².